The normalized spacial score (nSPS) is 21.0. The molecule has 1 aliphatic carbocycles. The highest BCUT2D eigenvalue weighted by Gasteiger charge is 2.16. The fourth-order valence-corrected chi connectivity index (χ4v) is 2.19. The van der Waals surface area contributed by atoms with Crippen LogP contribution in [0.25, 0.3) is 0 Å². The number of hydrogen-bond acceptors (Lipinski definition) is 1. The van der Waals surface area contributed by atoms with E-state index < -0.39 is 6.09 Å². The molecule has 0 saturated heterocycles. The van der Waals surface area contributed by atoms with Crippen LogP contribution in [0.15, 0.2) is 0 Å². The maximum atomic E-state index is 10.3. The highest BCUT2D eigenvalue weighted by atomic mass is 16.4. The van der Waals surface area contributed by atoms with Crippen molar-refractivity contribution in [2.45, 2.75) is 51.5 Å². The van der Waals surface area contributed by atoms with Crippen LogP contribution in [0.3, 0.4) is 0 Å². The Hall–Kier alpha value is -0.730. The van der Waals surface area contributed by atoms with Crippen molar-refractivity contribution in [1.29, 1.82) is 0 Å². The van der Waals surface area contributed by atoms with E-state index in [1.165, 1.54) is 32.1 Å². The Morgan fingerprint density at radius 1 is 1.46 bits per heavy atom. The van der Waals surface area contributed by atoms with Crippen molar-refractivity contribution in [1.82, 2.24) is 5.32 Å². The van der Waals surface area contributed by atoms with Crippen molar-refractivity contribution < 1.29 is 9.90 Å². The highest BCUT2D eigenvalue weighted by molar-refractivity contribution is 5.64. The Morgan fingerprint density at radius 2 is 2.08 bits per heavy atom. The van der Waals surface area contributed by atoms with Crippen LogP contribution in [-0.4, -0.2) is 17.2 Å². The van der Waals surface area contributed by atoms with E-state index in [0.29, 0.717) is 0 Å². The number of nitrogens with one attached hydrogen (secondary N) is 1. The lowest BCUT2D eigenvalue weighted by Crippen LogP contribution is -2.33. The first-order chi connectivity index (χ1) is 6.18. The molecule has 1 atom stereocenters. The molecule has 1 fully saturated rings. The first kappa shape index (κ1) is 10.4. The summed E-state index contributed by atoms with van der Waals surface area (Å²) >= 11 is 0. The van der Waals surface area contributed by atoms with Crippen molar-refractivity contribution in [3.8, 4) is 0 Å². The van der Waals surface area contributed by atoms with Crippen molar-refractivity contribution in [2.24, 2.45) is 5.92 Å². The van der Waals surface area contributed by atoms with Gasteiger partial charge in [-0.05, 0) is 19.3 Å². The molecule has 1 rings (SSSR count). The lowest BCUT2D eigenvalue weighted by atomic mass is 9.85. The molecule has 3 nitrogen and oxygen atoms in total. The van der Waals surface area contributed by atoms with E-state index in [0.717, 1.165) is 12.3 Å². The van der Waals surface area contributed by atoms with Crippen molar-refractivity contribution >= 4 is 6.09 Å². The summed E-state index contributed by atoms with van der Waals surface area (Å²) in [5, 5.41) is 11.0. The molecule has 3 heteroatoms. The van der Waals surface area contributed by atoms with Crippen LogP contribution in [-0.2, 0) is 0 Å². The van der Waals surface area contributed by atoms with E-state index in [2.05, 4.69) is 5.32 Å². The SMILES string of the molecule is CC(CC1CCCCC1)NC(=O)O. The smallest absolute Gasteiger partial charge is 0.404 e. The highest BCUT2D eigenvalue weighted by Crippen LogP contribution is 2.27. The number of rotatable bonds is 3. The number of hydrogen-bond donors (Lipinski definition) is 2. The predicted octanol–water partition coefficient (Wildman–Crippen LogP) is 2.61. The molecule has 1 saturated carbocycles. The maximum Gasteiger partial charge on any atom is 0.404 e. The lowest BCUT2D eigenvalue weighted by molar-refractivity contribution is 0.187. The minimum atomic E-state index is -0.900. The molecule has 0 aromatic carbocycles. The Balaban J connectivity index is 2.18. The molecule has 0 spiro atoms. The van der Waals surface area contributed by atoms with Gasteiger partial charge in [0.15, 0.2) is 0 Å². The molecule has 0 aromatic rings. The number of amides is 1. The number of carboxylic acid groups (broad SMARTS) is 1. The fourth-order valence-electron chi connectivity index (χ4n) is 2.19. The first-order valence-electron chi connectivity index (χ1n) is 5.18. The molecule has 1 aliphatic rings. The van der Waals surface area contributed by atoms with Gasteiger partial charge in [-0.3, -0.25) is 0 Å². The average Bonchev–Trinajstić information content (AvgIpc) is 2.04. The van der Waals surface area contributed by atoms with Gasteiger partial charge >= 0.3 is 6.09 Å². The molecule has 1 unspecified atom stereocenters. The second-order valence-corrected chi connectivity index (χ2v) is 4.09. The number of carbonyl (C=O) groups is 1. The first-order valence-corrected chi connectivity index (χ1v) is 5.18. The van der Waals surface area contributed by atoms with E-state index in [1.807, 2.05) is 6.92 Å². The molecular weight excluding hydrogens is 166 g/mol. The molecular formula is C10H19NO2. The second-order valence-electron chi connectivity index (χ2n) is 4.09. The summed E-state index contributed by atoms with van der Waals surface area (Å²) in [6.07, 6.45) is 6.68. The molecule has 2 N–H and O–H groups in total. The Kier molecular flexibility index (Phi) is 4.06. The maximum absolute atomic E-state index is 10.3. The minimum absolute atomic E-state index is 0.112. The lowest BCUT2D eigenvalue weighted by Gasteiger charge is -2.24. The van der Waals surface area contributed by atoms with Gasteiger partial charge in [-0.15, -0.1) is 0 Å². The van der Waals surface area contributed by atoms with Gasteiger partial charge in [-0.2, -0.15) is 0 Å². The molecule has 0 aliphatic heterocycles. The van der Waals surface area contributed by atoms with Crippen LogP contribution < -0.4 is 5.32 Å². The molecule has 76 valence electrons. The van der Waals surface area contributed by atoms with Gasteiger partial charge in [0.2, 0.25) is 0 Å². The summed E-state index contributed by atoms with van der Waals surface area (Å²) in [6.45, 7) is 1.95. The summed E-state index contributed by atoms with van der Waals surface area (Å²) in [7, 11) is 0. The van der Waals surface area contributed by atoms with E-state index in [4.69, 9.17) is 5.11 Å². The summed E-state index contributed by atoms with van der Waals surface area (Å²) in [5.74, 6) is 0.746. The average molecular weight is 185 g/mol. The second kappa shape index (κ2) is 5.10. The van der Waals surface area contributed by atoms with Crippen molar-refractivity contribution in [3.63, 3.8) is 0 Å². The van der Waals surface area contributed by atoms with Gasteiger partial charge in [-0.25, -0.2) is 4.79 Å². The van der Waals surface area contributed by atoms with Crippen LogP contribution in [0.1, 0.15) is 45.4 Å². The Bertz CT molecular complexity index is 164. The molecule has 0 aromatic heterocycles. The van der Waals surface area contributed by atoms with Crippen LogP contribution in [0.5, 0.6) is 0 Å². The van der Waals surface area contributed by atoms with E-state index >= 15 is 0 Å². The Morgan fingerprint density at radius 3 is 2.62 bits per heavy atom. The third-order valence-corrected chi connectivity index (χ3v) is 2.78. The third-order valence-electron chi connectivity index (χ3n) is 2.78. The monoisotopic (exact) mass is 185 g/mol. The van der Waals surface area contributed by atoms with Gasteiger partial charge in [0, 0.05) is 6.04 Å². The van der Waals surface area contributed by atoms with E-state index in [1.54, 1.807) is 0 Å². The third kappa shape index (κ3) is 4.15. The van der Waals surface area contributed by atoms with Gasteiger partial charge < -0.3 is 10.4 Å². The standard InChI is InChI=1S/C10H19NO2/c1-8(11-10(12)13)7-9-5-3-2-4-6-9/h8-9,11H,2-7H2,1H3,(H,12,13). The topological polar surface area (TPSA) is 49.3 Å². The van der Waals surface area contributed by atoms with Crippen LogP contribution >= 0.6 is 0 Å². The summed E-state index contributed by atoms with van der Waals surface area (Å²) < 4.78 is 0. The summed E-state index contributed by atoms with van der Waals surface area (Å²) in [6, 6.07) is 0.112. The zero-order valence-electron chi connectivity index (χ0n) is 8.25. The van der Waals surface area contributed by atoms with Crippen LogP contribution in [0.2, 0.25) is 0 Å². The molecule has 0 heterocycles. The fraction of sp³-hybridized carbons (Fsp3) is 0.900. The zero-order chi connectivity index (χ0) is 9.68. The Labute approximate surface area is 79.5 Å². The van der Waals surface area contributed by atoms with Gasteiger partial charge in [0.1, 0.15) is 0 Å². The quantitative estimate of drug-likeness (QED) is 0.710. The van der Waals surface area contributed by atoms with Crippen molar-refractivity contribution in [2.75, 3.05) is 0 Å². The zero-order valence-corrected chi connectivity index (χ0v) is 8.25. The van der Waals surface area contributed by atoms with E-state index in [-0.39, 0.29) is 6.04 Å². The van der Waals surface area contributed by atoms with Crippen LogP contribution in [0.4, 0.5) is 4.79 Å². The molecule has 0 bridgehead atoms. The van der Waals surface area contributed by atoms with Crippen LogP contribution in [0, 0.1) is 5.92 Å². The largest absolute Gasteiger partial charge is 0.465 e. The molecule has 0 radical (unpaired) electrons. The van der Waals surface area contributed by atoms with E-state index in [9.17, 15) is 4.79 Å². The minimum Gasteiger partial charge on any atom is -0.465 e. The molecule has 1 amide bonds. The predicted molar refractivity (Wildman–Crippen MR) is 51.8 cm³/mol. The summed E-state index contributed by atoms with van der Waals surface area (Å²) in [4.78, 5) is 10.3. The van der Waals surface area contributed by atoms with Crippen molar-refractivity contribution in [3.05, 3.63) is 0 Å². The molecule has 13 heavy (non-hydrogen) atoms. The van der Waals surface area contributed by atoms with Gasteiger partial charge in [0.25, 0.3) is 0 Å². The van der Waals surface area contributed by atoms with Gasteiger partial charge in [-0.1, -0.05) is 32.1 Å². The van der Waals surface area contributed by atoms with Gasteiger partial charge in [0.05, 0.1) is 0 Å². The summed E-state index contributed by atoms with van der Waals surface area (Å²) in [5.41, 5.74) is 0.